The van der Waals surface area contributed by atoms with Crippen molar-refractivity contribution in [2.24, 2.45) is 0 Å². The van der Waals surface area contributed by atoms with Crippen LogP contribution in [0.5, 0.6) is 0 Å². The van der Waals surface area contributed by atoms with Crippen molar-refractivity contribution in [1.29, 1.82) is 0 Å². The number of allylic oxidation sites excluding steroid dienone is 4. The molecule has 0 aliphatic heterocycles. The monoisotopic (exact) mass is 887 g/mol. The van der Waals surface area contributed by atoms with E-state index in [2.05, 4.69) is 45.1 Å². The van der Waals surface area contributed by atoms with Crippen LogP contribution in [0, 0.1) is 0 Å². The maximum Gasteiger partial charge on any atom is 0.306 e. The number of hydrogen-bond donors (Lipinski definition) is 0. The molecule has 0 saturated heterocycles. The summed E-state index contributed by atoms with van der Waals surface area (Å²) in [5.74, 6) is -0.873. The smallest absolute Gasteiger partial charge is 0.306 e. The van der Waals surface area contributed by atoms with Gasteiger partial charge in [-0.2, -0.15) is 0 Å². The lowest BCUT2D eigenvalue weighted by atomic mass is 10.0. The Kier molecular flexibility index (Phi) is 50.8. The fourth-order valence-electron chi connectivity index (χ4n) is 8.20. The predicted octanol–water partition coefficient (Wildman–Crippen LogP) is 18.3. The predicted molar refractivity (Wildman–Crippen MR) is 270 cm³/mol. The van der Waals surface area contributed by atoms with Crippen molar-refractivity contribution < 1.29 is 28.6 Å². The van der Waals surface area contributed by atoms with Crippen molar-refractivity contribution in [3.8, 4) is 0 Å². The number of hydrogen-bond acceptors (Lipinski definition) is 6. The van der Waals surface area contributed by atoms with Gasteiger partial charge in [0.1, 0.15) is 13.2 Å². The van der Waals surface area contributed by atoms with E-state index in [-0.39, 0.29) is 31.1 Å². The van der Waals surface area contributed by atoms with Crippen molar-refractivity contribution in [2.75, 3.05) is 13.2 Å². The second kappa shape index (κ2) is 52.5. The Balaban J connectivity index is 4.36. The summed E-state index contributed by atoms with van der Waals surface area (Å²) in [5.41, 5.74) is 0. The fourth-order valence-corrected chi connectivity index (χ4v) is 8.20. The van der Waals surface area contributed by atoms with Crippen molar-refractivity contribution in [2.45, 2.75) is 309 Å². The van der Waals surface area contributed by atoms with E-state index in [9.17, 15) is 14.4 Å². The lowest BCUT2D eigenvalue weighted by molar-refractivity contribution is -0.167. The van der Waals surface area contributed by atoms with Crippen molar-refractivity contribution in [1.82, 2.24) is 0 Å². The maximum absolute atomic E-state index is 12.8. The molecule has 0 saturated carbocycles. The summed E-state index contributed by atoms with van der Waals surface area (Å²) in [4.78, 5) is 38.1. The van der Waals surface area contributed by atoms with Gasteiger partial charge in [-0.3, -0.25) is 14.4 Å². The van der Waals surface area contributed by atoms with E-state index in [4.69, 9.17) is 14.2 Å². The summed E-state index contributed by atoms with van der Waals surface area (Å²) in [6.07, 6.45) is 60.2. The Morgan fingerprint density at radius 1 is 0.302 bits per heavy atom. The van der Waals surface area contributed by atoms with Gasteiger partial charge >= 0.3 is 17.9 Å². The molecule has 1 unspecified atom stereocenters. The first kappa shape index (κ1) is 60.9. The van der Waals surface area contributed by atoms with Crippen molar-refractivity contribution in [3.63, 3.8) is 0 Å². The quantitative estimate of drug-likeness (QED) is 0.0262. The largest absolute Gasteiger partial charge is 0.462 e. The highest BCUT2D eigenvalue weighted by Gasteiger charge is 2.19. The van der Waals surface area contributed by atoms with Crippen LogP contribution >= 0.6 is 0 Å². The molecule has 63 heavy (non-hydrogen) atoms. The van der Waals surface area contributed by atoms with E-state index in [1.54, 1.807) is 0 Å². The Morgan fingerprint density at radius 2 is 0.524 bits per heavy atom. The third-order valence-electron chi connectivity index (χ3n) is 12.4. The number of carbonyl (C=O) groups is 3. The van der Waals surface area contributed by atoms with E-state index in [0.717, 1.165) is 70.6 Å². The van der Waals surface area contributed by atoms with Gasteiger partial charge in [0.05, 0.1) is 0 Å². The zero-order valence-electron chi connectivity index (χ0n) is 42.4. The van der Waals surface area contributed by atoms with Crippen LogP contribution in [-0.4, -0.2) is 37.2 Å². The van der Waals surface area contributed by atoms with Gasteiger partial charge in [-0.25, -0.2) is 0 Å². The van der Waals surface area contributed by atoms with Crippen LogP contribution in [0.1, 0.15) is 303 Å². The molecule has 0 aromatic carbocycles. The molecule has 6 nitrogen and oxygen atoms in total. The number of rotatable bonds is 51. The number of esters is 3. The first-order chi connectivity index (χ1) is 31.0. The first-order valence-electron chi connectivity index (χ1n) is 27.8. The topological polar surface area (TPSA) is 78.9 Å². The van der Waals surface area contributed by atoms with E-state index in [0.29, 0.717) is 19.3 Å². The zero-order valence-corrected chi connectivity index (χ0v) is 42.4. The average molecular weight is 887 g/mol. The highest BCUT2D eigenvalue weighted by atomic mass is 16.6. The molecule has 370 valence electrons. The van der Waals surface area contributed by atoms with Gasteiger partial charge in [-0.15, -0.1) is 0 Å². The van der Waals surface area contributed by atoms with Crippen LogP contribution in [0.3, 0.4) is 0 Å². The van der Waals surface area contributed by atoms with Crippen LogP contribution in [0.25, 0.3) is 0 Å². The van der Waals surface area contributed by atoms with Gasteiger partial charge in [0, 0.05) is 19.3 Å². The van der Waals surface area contributed by atoms with Crippen LogP contribution < -0.4 is 0 Å². The van der Waals surface area contributed by atoms with Gasteiger partial charge in [0.25, 0.3) is 0 Å². The minimum absolute atomic E-state index is 0.0742. The van der Waals surface area contributed by atoms with Crippen LogP contribution in [0.4, 0.5) is 0 Å². The molecule has 0 aliphatic carbocycles. The molecule has 0 aromatic heterocycles. The fraction of sp³-hybridized carbons (Fsp3) is 0.877. The molecule has 0 N–H and O–H groups in total. The van der Waals surface area contributed by atoms with Gasteiger partial charge < -0.3 is 14.2 Å². The lowest BCUT2D eigenvalue weighted by Crippen LogP contribution is -2.30. The minimum atomic E-state index is -0.773. The lowest BCUT2D eigenvalue weighted by Gasteiger charge is -2.18. The Labute approximate surface area is 392 Å². The Hall–Kier alpha value is -2.11. The maximum atomic E-state index is 12.8. The SMILES string of the molecule is CCCCCCC/C=C\CCCCCCCC(=O)OCC(COC(=O)CCCCCCC/C=C\CCCCCCCCC)OC(=O)CCCCCCCCCCCCCCCCC. The van der Waals surface area contributed by atoms with Gasteiger partial charge in [0.2, 0.25) is 0 Å². The molecule has 0 bridgehead atoms. The number of ether oxygens (including phenoxy) is 3. The van der Waals surface area contributed by atoms with Crippen molar-refractivity contribution in [3.05, 3.63) is 24.3 Å². The second-order valence-corrected chi connectivity index (χ2v) is 18.8. The molecule has 0 radical (unpaired) electrons. The number of carbonyl (C=O) groups excluding carboxylic acids is 3. The zero-order chi connectivity index (χ0) is 45.8. The van der Waals surface area contributed by atoms with Gasteiger partial charge in [-0.1, -0.05) is 238 Å². The first-order valence-corrected chi connectivity index (χ1v) is 27.8. The summed E-state index contributed by atoms with van der Waals surface area (Å²) in [5, 5.41) is 0. The summed E-state index contributed by atoms with van der Waals surface area (Å²) in [6.45, 7) is 6.65. The summed E-state index contributed by atoms with van der Waals surface area (Å²) in [6, 6.07) is 0. The highest BCUT2D eigenvalue weighted by Crippen LogP contribution is 2.16. The summed E-state index contributed by atoms with van der Waals surface area (Å²) in [7, 11) is 0. The highest BCUT2D eigenvalue weighted by molar-refractivity contribution is 5.71. The molecular weight excluding hydrogens is 781 g/mol. The summed E-state index contributed by atoms with van der Waals surface area (Å²) < 4.78 is 16.8. The molecule has 1 atom stereocenters. The Bertz CT molecular complexity index is 1020. The van der Waals surface area contributed by atoms with E-state index in [1.165, 1.54) is 193 Å². The molecule has 0 fully saturated rings. The third kappa shape index (κ3) is 50.7. The molecule has 0 aromatic rings. The van der Waals surface area contributed by atoms with Gasteiger partial charge in [-0.05, 0) is 70.6 Å². The minimum Gasteiger partial charge on any atom is -0.462 e. The molecule has 6 heteroatoms. The van der Waals surface area contributed by atoms with E-state index < -0.39 is 6.10 Å². The molecule has 0 amide bonds. The van der Waals surface area contributed by atoms with E-state index in [1.807, 2.05) is 0 Å². The number of unbranched alkanes of at least 4 members (excludes halogenated alkanes) is 36. The van der Waals surface area contributed by atoms with Crippen LogP contribution in [0.15, 0.2) is 24.3 Å². The molecule has 0 heterocycles. The molecule has 0 rings (SSSR count). The molecular formula is C57H106O6. The normalized spacial score (nSPS) is 12.1. The van der Waals surface area contributed by atoms with Gasteiger partial charge in [0.15, 0.2) is 6.10 Å². The summed E-state index contributed by atoms with van der Waals surface area (Å²) >= 11 is 0. The molecule has 0 aliphatic rings. The molecule has 0 spiro atoms. The standard InChI is InChI=1S/C57H106O6/c1-4-7-10-13-16-19-22-25-28-30-32-35-38-41-44-47-50-56(59)62-53-54(52-61-55(58)49-46-43-40-37-34-31-27-24-21-18-15-12-9-6-3)63-57(60)51-48-45-42-39-36-33-29-26-23-20-17-14-11-8-5-2/h24,27-28,30,54H,4-23,25-26,29,31-53H2,1-3H3/b27-24-,30-28-. The van der Waals surface area contributed by atoms with Crippen LogP contribution in [-0.2, 0) is 28.6 Å². The second-order valence-electron chi connectivity index (χ2n) is 18.8. The average Bonchev–Trinajstić information content (AvgIpc) is 3.28. The third-order valence-corrected chi connectivity index (χ3v) is 12.4. The van der Waals surface area contributed by atoms with Crippen LogP contribution in [0.2, 0.25) is 0 Å². The Morgan fingerprint density at radius 3 is 0.794 bits per heavy atom. The van der Waals surface area contributed by atoms with Crippen molar-refractivity contribution >= 4 is 17.9 Å². The van der Waals surface area contributed by atoms with E-state index >= 15 is 0 Å².